The number of fused-ring (bicyclic) bond motifs is 1. The maximum atomic E-state index is 10.1. The highest BCUT2D eigenvalue weighted by molar-refractivity contribution is 7.40. The first kappa shape index (κ1) is 27.5. The molecule has 37 heavy (non-hydrogen) atoms. The van der Waals surface area contributed by atoms with Crippen molar-refractivity contribution in [2.45, 2.75) is 57.7 Å². The van der Waals surface area contributed by atoms with Crippen molar-refractivity contribution in [2.24, 2.45) is 5.41 Å². The Labute approximate surface area is 221 Å². The summed E-state index contributed by atoms with van der Waals surface area (Å²) in [6, 6.07) is 11.0. The lowest BCUT2D eigenvalue weighted by atomic mass is 9.77. The molecule has 0 fully saturated rings. The second kappa shape index (κ2) is 11.9. The molecule has 198 valence electrons. The molecule has 2 aromatic heterocycles. The molecule has 0 radical (unpaired) electrons. The van der Waals surface area contributed by atoms with Crippen molar-refractivity contribution < 1.29 is 9.84 Å². The minimum atomic E-state index is -0.564. The quantitative estimate of drug-likeness (QED) is 0.183. The number of aliphatic hydroxyl groups is 1. The fourth-order valence-corrected chi connectivity index (χ4v) is 6.94. The average molecular weight is 522 g/mol. The summed E-state index contributed by atoms with van der Waals surface area (Å²) in [5.41, 5.74) is 5.13. The van der Waals surface area contributed by atoms with Gasteiger partial charge >= 0.3 is 0 Å². The van der Waals surface area contributed by atoms with E-state index in [-0.39, 0.29) is 24.1 Å². The smallest absolute Gasteiger partial charge is 0.137 e. The Balaban J connectivity index is 1.78. The normalized spacial score (nSPS) is 23.4. The fraction of sp³-hybridized carbons (Fsp3) is 0.448. The van der Waals surface area contributed by atoms with E-state index in [4.69, 9.17) is 10.1 Å². The predicted molar refractivity (Wildman–Crippen MR) is 155 cm³/mol. The predicted octanol–water partition coefficient (Wildman–Crippen LogP) is 4.88. The third kappa shape index (κ3) is 6.12. The topological polar surface area (TPSA) is 106 Å². The summed E-state index contributed by atoms with van der Waals surface area (Å²) < 4.78 is 6.03. The Morgan fingerprint density at radius 3 is 2.81 bits per heavy atom. The van der Waals surface area contributed by atoms with E-state index in [1.54, 1.807) is 6.21 Å². The van der Waals surface area contributed by atoms with Crippen molar-refractivity contribution in [1.82, 2.24) is 20.6 Å². The van der Waals surface area contributed by atoms with Crippen LogP contribution in [-0.2, 0) is 6.42 Å². The lowest BCUT2D eigenvalue weighted by Crippen LogP contribution is -2.47. The maximum absolute atomic E-state index is 10.1. The molecule has 0 spiro atoms. The van der Waals surface area contributed by atoms with Gasteiger partial charge in [0.2, 0.25) is 0 Å². The molecule has 0 aliphatic carbocycles. The Hall–Kier alpha value is -2.57. The summed E-state index contributed by atoms with van der Waals surface area (Å²) in [7, 11) is 2.36. The van der Waals surface area contributed by atoms with E-state index in [1.807, 2.05) is 25.5 Å². The number of H-pyrrole nitrogens is 1. The lowest BCUT2D eigenvalue weighted by Gasteiger charge is -2.44. The maximum Gasteiger partial charge on any atom is 0.137 e. The standard InChI is InChI=1S/C29H40N5O2P/c1-6-19-9-21(12-24(10-19)36-16-23(35)15-31-5)26-13-25(22-11-20-7-8-32-27(20)33-14-22)29(4,17-30)28(37-26)34-18(2)3/h7-14,17-18,23,26,28,30-31,34-35,37H,6,15-16H2,1-5H3,(H,32,33)/t23-,26-,28+,29-/m0/s1. The molecule has 7 nitrogen and oxygen atoms in total. The number of likely N-dealkylation sites (N-methyl/N-ethyl adjacent to an activating group) is 1. The van der Waals surface area contributed by atoms with Gasteiger partial charge in [0.05, 0.1) is 0 Å². The van der Waals surface area contributed by atoms with Crippen LogP contribution in [0.1, 0.15) is 50.0 Å². The van der Waals surface area contributed by atoms with E-state index in [0.717, 1.165) is 34.3 Å². The largest absolute Gasteiger partial charge is 0.491 e. The highest BCUT2D eigenvalue weighted by Gasteiger charge is 2.42. The van der Waals surface area contributed by atoms with Gasteiger partial charge in [0.15, 0.2) is 0 Å². The van der Waals surface area contributed by atoms with Crippen molar-refractivity contribution >= 4 is 31.4 Å². The molecular formula is C29H40N5O2P. The van der Waals surface area contributed by atoms with Crippen molar-refractivity contribution in [1.29, 1.82) is 5.41 Å². The van der Waals surface area contributed by atoms with Crippen LogP contribution < -0.4 is 15.4 Å². The minimum absolute atomic E-state index is 0.101. The van der Waals surface area contributed by atoms with Gasteiger partial charge in [0, 0.05) is 53.4 Å². The third-order valence-corrected chi connectivity index (χ3v) is 8.97. The van der Waals surface area contributed by atoms with Crippen molar-refractivity contribution in [3.05, 3.63) is 65.5 Å². The zero-order valence-corrected chi connectivity index (χ0v) is 23.4. The number of aromatic amines is 1. The van der Waals surface area contributed by atoms with Gasteiger partial charge in [0.1, 0.15) is 24.1 Å². The number of aryl methyl sites for hydroxylation is 1. The summed E-state index contributed by atoms with van der Waals surface area (Å²) in [5, 5.41) is 26.5. The van der Waals surface area contributed by atoms with Crippen LogP contribution in [-0.4, -0.2) is 59.4 Å². The second-order valence-electron chi connectivity index (χ2n) is 10.3. The van der Waals surface area contributed by atoms with Crippen LogP contribution in [0.2, 0.25) is 0 Å². The van der Waals surface area contributed by atoms with Crippen molar-refractivity contribution in [3.8, 4) is 5.75 Å². The molecule has 1 aromatic carbocycles. The van der Waals surface area contributed by atoms with Crippen LogP contribution in [0.5, 0.6) is 5.75 Å². The number of hydrogen-bond acceptors (Lipinski definition) is 6. The number of nitrogens with one attached hydrogen (secondary N) is 4. The number of rotatable bonds is 11. The fourth-order valence-electron chi connectivity index (χ4n) is 4.94. The van der Waals surface area contributed by atoms with E-state index >= 15 is 0 Å². The second-order valence-corrected chi connectivity index (χ2v) is 11.9. The van der Waals surface area contributed by atoms with E-state index in [9.17, 15) is 5.11 Å². The van der Waals surface area contributed by atoms with Gasteiger partial charge in [-0.05, 0) is 66.9 Å². The first-order valence-corrected chi connectivity index (χ1v) is 14.2. The van der Waals surface area contributed by atoms with Gasteiger partial charge in [-0.1, -0.05) is 41.5 Å². The summed E-state index contributed by atoms with van der Waals surface area (Å²) in [5.74, 6) is 0.887. The molecule has 0 saturated heterocycles. The highest BCUT2D eigenvalue weighted by Crippen LogP contribution is 2.55. The highest BCUT2D eigenvalue weighted by atomic mass is 31.1. The van der Waals surface area contributed by atoms with Gasteiger partial charge in [0.25, 0.3) is 0 Å². The van der Waals surface area contributed by atoms with Gasteiger partial charge in [-0.15, -0.1) is 0 Å². The Morgan fingerprint density at radius 2 is 2.11 bits per heavy atom. The summed E-state index contributed by atoms with van der Waals surface area (Å²) in [4.78, 5) is 7.84. The molecule has 1 aliphatic heterocycles. The molecule has 1 unspecified atom stereocenters. The average Bonchev–Trinajstić information content (AvgIpc) is 3.36. The van der Waals surface area contributed by atoms with Crippen LogP contribution in [0.15, 0.2) is 48.8 Å². The van der Waals surface area contributed by atoms with Crippen LogP contribution in [0, 0.1) is 10.8 Å². The SMILES string of the molecule is CCc1cc(OC[C@@H](O)CNC)cc([C@@H]2C=C(c3cnc4[nH]ccc4c3)[C@](C)(C=N)[C@H](NC(C)C)P2)c1. The van der Waals surface area contributed by atoms with E-state index < -0.39 is 11.5 Å². The molecule has 5 N–H and O–H groups in total. The van der Waals surface area contributed by atoms with Crippen LogP contribution in [0.4, 0.5) is 0 Å². The number of nitrogens with zero attached hydrogens (tertiary/aromatic N) is 1. The molecule has 5 atom stereocenters. The van der Waals surface area contributed by atoms with E-state index in [1.165, 1.54) is 11.1 Å². The first-order chi connectivity index (χ1) is 17.8. The number of allylic oxidation sites excluding steroid dienone is 1. The number of benzene rings is 1. The third-order valence-electron chi connectivity index (χ3n) is 7.01. The number of ether oxygens (including phenoxy) is 1. The molecule has 8 heteroatoms. The van der Waals surface area contributed by atoms with E-state index in [2.05, 4.69) is 78.6 Å². The van der Waals surface area contributed by atoms with Gasteiger partial charge in [-0.2, -0.15) is 0 Å². The number of pyridine rings is 1. The van der Waals surface area contributed by atoms with Crippen molar-refractivity contribution in [3.63, 3.8) is 0 Å². The molecule has 0 bridgehead atoms. The molecule has 0 amide bonds. The number of hydrogen-bond donors (Lipinski definition) is 5. The monoisotopic (exact) mass is 521 g/mol. The Kier molecular flexibility index (Phi) is 8.81. The summed E-state index contributed by atoms with van der Waals surface area (Å²) >= 11 is 0. The molecular weight excluding hydrogens is 481 g/mol. The van der Waals surface area contributed by atoms with Crippen LogP contribution in [0.25, 0.3) is 16.6 Å². The van der Waals surface area contributed by atoms with Crippen molar-refractivity contribution in [2.75, 3.05) is 20.2 Å². The van der Waals surface area contributed by atoms with E-state index in [0.29, 0.717) is 15.1 Å². The number of aliphatic hydroxyl groups excluding tert-OH is 1. The zero-order valence-electron chi connectivity index (χ0n) is 22.4. The molecule has 3 heterocycles. The summed E-state index contributed by atoms with van der Waals surface area (Å²) in [6.45, 7) is 9.37. The number of aromatic nitrogens is 2. The Morgan fingerprint density at radius 1 is 1.30 bits per heavy atom. The van der Waals surface area contributed by atoms with Gasteiger partial charge < -0.3 is 30.9 Å². The first-order valence-electron chi connectivity index (χ1n) is 13.1. The molecule has 0 saturated carbocycles. The minimum Gasteiger partial charge on any atom is -0.491 e. The van der Waals surface area contributed by atoms with Crippen LogP contribution >= 0.6 is 8.58 Å². The molecule has 4 rings (SSSR count). The summed E-state index contributed by atoms with van der Waals surface area (Å²) in [6.07, 6.45) is 8.10. The Bertz CT molecular complexity index is 1260. The van der Waals surface area contributed by atoms with Gasteiger partial charge in [-0.25, -0.2) is 4.98 Å². The van der Waals surface area contributed by atoms with Crippen LogP contribution in [0.3, 0.4) is 0 Å². The lowest BCUT2D eigenvalue weighted by molar-refractivity contribution is 0.108. The zero-order chi connectivity index (χ0) is 26.6. The molecule has 1 aliphatic rings. The van der Waals surface area contributed by atoms with Gasteiger partial charge in [-0.3, -0.25) is 0 Å². The molecule has 3 aromatic rings.